The lowest BCUT2D eigenvalue weighted by Crippen LogP contribution is -1.77. The molecule has 0 atom stereocenters. The first-order valence-corrected chi connectivity index (χ1v) is 4.48. The molecule has 0 aliphatic heterocycles. The van der Waals surface area contributed by atoms with Gasteiger partial charge < -0.3 is 5.11 Å². The van der Waals surface area contributed by atoms with Crippen LogP contribution in [0.4, 0.5) is 4.39 Å². The van der Waals surface area contributed by atoms with Gasteiger partial charge in [-0.2, -0.15) is 0 Å². The van der Waals surface area contributed by atoms with Crippen LogP contribution in [0, 0.1) is 5.82 Å². The quantitative estimate of drug-likeness (QED) is 0.744. The van der Waals surface area contributed by atoms with Crippen LogP contribution in [-0.2, 0) is 0 Å². The SMILES string of the molecule is Oc1cc(F)cc(C=CCCCl)c1. The number of hydrogen-bond donors (Lipinski definition) is 1. The zero-order chi connectivity index (χ0) is 9.68. The van der Waals surface area contributed by atoms with Crippen molar-refractivity contribution in [2.45, 2.75) is 6.42 Å². The van der Waals surface area contributed by atoms with Crippen LogP contribution in [0.5, 0.6) is 5.75 Å². The van der Waals surface area contributed by atoms with Crippen molar-refractivity contribution >= 4 is 17.7 Å². The van der Waals surface area contributed by atoms with Crippen molar-refractivity contribution in [1.82, 2.24) is 0 Å². The lowest BCUT2D eigenvalue weighted by Gasteiger charge is -1.96. The Hall–Kier alpha value is -1.02. The summed E-state index contributed by atoms with van der Waals surface area (Å²) in [5, 5.41) is 9.05. The highest BCUT2D eigenvalue weighted by molar-refractivity contribution is 6.17. The topological polar surface area (TPSA) is 20.2 Å². The van der Waals surface area contributed by atoms with Crippen molar-refractivity contribution in [2.75, 3.05) is 5.88 Å². The third kappa shape index (κ3) is 3.47. The summed E-state index contributed by atoms with van der Waals surface area (Å²) in [6, 6.07) is 3.91. The van der Waals surface area contributed by atoms with Gasteiger partial charge in [-0.3, -0.25) is 0 Å². The molecule has 0 radical (unpaired) electrons. The summed E-state index contributed by atoms with van der Waals surface area (Å²) in [5.74, 6) is 0.0358. The molecule has 1 nitrogen and oxygen atoms in total. The van der Waals surface area contributed by atoms with E-state index in [1.54, 1.807) is 6.08 Å². The van der Waals surface area contributed by atoms with Gasteiger partial charge in [0, 0.05) is 11.9 Å². The van der Waals surface area contributed by atoms with Crippen LogP contribution in [-0.4, -0.2) is 11.0 Å². The summed E-state index contributed by atoms with van der Waals surface area (Å²) in [6.45, 7) is 0. The predicted molar refractivity (Wildman–Crippen MR) is 52.4 cm³/mol. The Morgan fingerprint density at radius 1 is 1.38 bits per heavy atom. The van der Waals surface area contributed by atoms with Crippen LogP contribution in [0.15, 0.2) is 24.3 Å². The molecule has 0 saturated heterocycles. The zero-order valence-corrected chi connectivity index (χ0v) is 7.76. The van der Waals surface area contributed by atoms with E-state index in [0.29, 0.717) is 11.4 Å². The van der Waals surface area contributed by atoms with E-state index in [9.17, 15) is 4.39 Å². The number of alkyl halides is 1. The van der Waals surface area contributed by atoms with Crippen molar-refractivity contribution in [1.29, 1.82) is 0 Å². The van der Waals surface area contributed by atoms with E-state index in [2.05, 4.69) is 0 Å². The minimum atomic E-state index is -0.439. The van der Waals surface area contributed by atoms with Gasteiger partial charge in [0.25, 0.3) is 0 Å². The van der Waals surface area contributed by atoms with E-state index in [4.69, 9.17) is 16.7 Å². The van der Waals surface area contributed by atoms with Gasteiger partial charge in [0.2, 0.25) is 0 Å². The van der Waals surface area contributed by atoms with Crippen molar-refractivity contribution in [3.05, 3.63) is 35.7 Å². The third-order valence-electron chi connectivity index (χ3n) is 1.49. The molecular formula is C10H10ClFO. The van der Waals surface area contributed by atoms with Crippen LogP contribution in [0.1, 0.15) is 12.0 Å². The second-order valence-electron chi connectivity index (χ2n) is 2.62. The minimum absolute atomic E-state index is 0.0643. The van der Waals surface area contributed by atoms with E-state index < -0.39 is 5.82 Å². The Balaban J connectivity index is 2.77. The largest absolute Gasteiger partial charge is 0.508 e. The highest BCUT2D eigenvalue weighted by Gasteiger charge is 1.95. The molecule has 0 fully saturated rings. The van der Waals surface area contributed by atoms with E-state index in [1.807, 2.05) is 6.08 Å². The molecule has 0 aliphatic rings. The summed E-state index contributed by atoms with van der Waals surface area (Å²) < 4.78 is 12.7. The molecule has 0 amide bonds. The van der Waals surface area contributed by atoms with Gasteiger partial charge in [-0.05, 0) is 24.1 Å². The van der Waals surface area contributed by atoms with Crippen LogP contribution in [0.2, 0.25) is 0 Å². The first kappa shape index (κ1) is 10.1. The highest BCUT2D eigenvalue weighted by atomic mass is 35.5. The average Bonchev–Trinajstić information content (AvgIpc) is 2.03. The third-order valence-corrected chi connectivity index (χ3v) is 1.71. The Bertz CT molecular complexity index is 290. The number of hydrogen-bond acceptors (Lipinski definition) is 1. The van der Waals surface area contributed by atoms with Crippen molar-refractivity contribution in [3.63, 3.8) is 0 Å². The fourth-order valence-electron chi connectivity index (χ4n) is 0.975. The van der Waals surface area contributed by atoms with Crippen molar-refractivity contribution in [3.8, 4) is 5.75 Å². The number of benzene rings is 1. The molecule has 1 N–H and O–H groups in total. The first-order valence-electron chi connectivity index (χ1n) is 3.94. The maximum atomic E-state index is 12.7. The van der Waals surface area contributed by atoms with Crippen LogP contribution in [0.3, 0.4) is 0 Å². The Morgan fingerprint density at radius 2 is 2.15 bits per heavy atom. The first-order chi connectivity index (χ1) is 6.22. The smallest absolute Gasteiger partial charge is 0.127 e. The molecular weight excluding hydrogens is 191 g/mol. The molecule has 0 saturated carbocycles. The minimum Gasteiger partial charge on any atom is -0.508 e. The van der Waals surface area contributed by atoms with Crippen LogP contribution < -0.4 is 0 Å². The van der Waals surface area contributed by atoms with Crippen LogP contribution in [0.25, 0.3) is 6.08 Å². The lowest BCUT2D eigenvalue weighted by atomic mass is 10.2. The molecule has 0 bridgehead atoms. The second kappa shape index (κ2) is 4.87. The van der Waals surface area contributed by atoms with Crippen LogP contribution >= 0.6 is 11.6 Å². The van der Waals surface area contributed by atoms with Gasteiger partial charge in [0.1, 0.15) is 11.6 Å². The monoisotopic (exact) mass is 200 g/mol. The second-order valence-corrected chi connectivity index (χ2v) is 3.00. The molecule has 1 aromatic carbocycles. The predicted octanol–water partition coefficient (Wildman–Crippen LogP) is 3.17. The molecule has 0 heterocycles. The number of halogens is 2. The number of phenolic OH excluding ortho intramolecular Hbond substituents is 1. The molecule has 0 unspecified atom stereocenters. The Kier molecular flexibility index (Phi) is 3.77. The molecule has 0 spiro atoms. The van der Waals surface area contributed by atoms with Crippen molar-refractivity contribution < 1.29 is 9.50 Å². The molecule has 13 heavy (non-hydrogen) atoms. The van der Waals surface area contributed by atoms with Gasteiger partial charge in [0.15, 0.2) is 0 Å². The van der Waals surface area contributed by atoms with Crippen molar-refractivity contribution in [2.24, 2.45) is 0 Å². The molecule has 70 valence electrons. The lowest BCUT2D eigenvalue weighted by molar-refractivity contribution is 0.469. The summed E-state index contributed by atoms with van der Waals surface area (Å²) in [6.07, 6.45) is 4.30. The van der Waals surface area contributed by atoms with Gasteiger partial charge in [-0.25, -0.2) is 4.39 Å². The highest BCUT2D eigenvalue weighted by Crippen LogP contribution is 2.15. The van der Waals surface area contributed by atoms with Gasteiger partial charge in [0.05, 0.1) is 0 Å². The Morgan fingerprint density at radius 3 is 2.77 bits per heavy atom. The maximum absolute atomic E-state index is 12.7. The van der Waals surface area contributed by atoms with Gasteiger partial charge in [-0.1, -0.05) is 12.2 Å². The summed E-state index contributed by atoms with van der Waals surface area (Å²) in [4.78, 5) is 0. The van der Waals surface area contributed by atoms with Gasteiger partial charge >= 0.3 is 0 Å². The molecule has 1 rings (SSSR count). The normalized spacial score (nSPS) is 10.9. The molecule has 0 aromatic heterocycles. The zero-order valence-electron chi connectivity index (χ0n) is 7.00. The fraction of sp³-hybridized carbons (Fsp3) is 0.200. The number of rotatable bonds is 3. The summed E-state index contributed by atoms with van der Waals surface area (Å²) in [5.41, 5.74) is 0.641. The van der Waals surface area contributed by atoms with E-state index in [-0.39, 0.29) is 5.75 Å². The average molecular weight is 201 g/mol. The van der Waals surface area contributed by atoms with E-state index >= 15 is 0 Å². The number of allylic oxidation sites excluding steroid dienone is 1. The maximum Gasteiger partial charge on any atom is 0.127 e. The molecule has 1 aromatic rings. The molecule has 3 heteroatoms. The van der Waals surface area contributed by atoms with E-state index in [1.165, 1.54) is 12.1 Å². The number of phenols is 1. The van der Waals surface area contributed by atoms with E-state index in [0.717, 1.165) is 12.5 Å². The summed E-state index contributed by atoms with van der Waals surface area (Å²) >= 11 is 5.46. The summed E-state index contributed by atoms with van der Waals surface area (Å²) in [7, 11) is 0. The Labute approximate surface area is 81.5 Å². The fourth-order valence-corrected chi connectivity index (χ4v) is 1.10. The number of aromatic hydroxyl groups is 1. The van der Waals surface area contributed by atoms with Gasteiger partial charge in [-0.15, -0.1) is 11.6 Å². The standard InChI is InChI=1S/C10H10ClFO/c11-4-2-1-3-8-5-9(12)7-10(13)6-8/h1,3,5-7,13H,2,4H2. The molecule has 0 aliphatic carbocycles.